The fourth-order valence-electron chi connectivity index (χ4n) is 0.0630. The fraction of sp³-hybridized carbons (Fsp3) is 0.667. The van der Waals surface area contributed by atoms with Crippen molar-refractivity contribution in [1.82, 2.24) is 0 Å². The molecular formula is C6H8F2. The average Bonchev–Trinajstić information content (AvgIpc) is 1.67. The molecule has 0 saturated heterocycles. The molecule has 2 heteroatoms. The maximum Gasteiger partial charge on any atom is 0.254 e. The molecule has 0 aliphatic heterocycles. The van der Waals surface area contributed by atoms with Crippen molar-refractivity contribution in [2.75, 3.05) is 0 Å². The first-order chi connectivity index (χ1) is 3.50. The Morgan fingerprint density at radius 1 is 1.50 bits per heavy atom. The number of hydrogen-bond donors (Lipinski definition) is 0. The summed E-state index contributed by atoms with van der Waals surface area (Å²) in [5, 5.41) is 0. The summed E-state index contributed by atoms with van der Waals surface area (Å²) in [5.74, 6) is 1.99. The highest BCUT2D eigenvalue weighted by atomic mass is 19.3. The molecule has 0 aromatic heterocycles. The normalized spacial score (nSPS) is 11.5. The molecule has 0 rings (SSSR count). The summed E-state index contributed by atoms with van der Waals surface area (Å²) < 4.78 is 23.3. The molecule has 0 radical (unpaired) electrons. The van der Waals surface area contributed by atoms with Gasteiger partial charge in [-0.1, -0.05) is 5.92 Å². The summed E-state index contributed by atoms with van der Waals surface area (Å²) in [5.41, 5.74) is -1.26. The van der Waals surface area contributed by atoms with E-state index in [-0.39, 0.29) is 0 Å². The molecule has 0 nitrogen and oxygen atoms in total. The van der Waals surface area contributed by atoms with Gasteiger partial charge in [0.25, 0.3) is 6.43 Å². The van der Waals surface area contributed by atoms with E-state index in [0.717, 1.165) is 0 Å². The van der Waals surface area contributed by atoms with Crippen molar-refractivity contribution in [3.05, 3.63) is 0 Å². The Hall–Kier alpha value is -0.580. The maximum absolute atomic E-state index is 11.7. The molecule has 0 bridgehead atoms. The molecule has 0 atom stereocenters. The Morgan fingerprint density at radius 3 is 1.88 bits per heavy atom. The number of terminal acetylenes is 1. The molecule has 0 N–H and O–H groups in total. The third-order valence-electron chi connectivity index (χ3n) is 0.918. The van der Waals surface area contributed by atoms with Crippen LogP contribution in [0.2, 0.25) is 0 Å². The van der Waals surface area contributed by atoms with Gasteiger partial charge in [-0.05, 0) is 13.8 Å². The highest BCUT2D eigenvalue weighted by molar-refractivity contribution is 5.01. The van der Waals surface area contributed by atoms with E-state index in [4.69, 9.17) is 6.42 Å². The predicted molar refractivity (Wildman–Crippen MR) is 28.6 cm³/mol. The maximum atomic E-state index is 11.7. The Bertz CT molecular complexity index is 108. The third kappa shape index (κ3) is 1.49. The van der Waals surface area contributed by atoms with Gasteiger partial charge in [-0.15, -0.1) is 6.42 Å². The van der Waals surface area contributed by atoms with Crippen LogP contribution in [-0.4, -0.2) is 6.43 Å². The highest BCUT2D eigenvalue weighted by Crippen LogP contribution is 2.22. The van der Waals surface area contributed by atoms with Crippen LogP contribution in [0.3, 0.4) is 0 Å². The molecule has 0 fully saturated rings. The monoisotopic (exact) mass is 118 g/mol. The second kappa shape index (κ2) is 2.13. The number of rotatable bonds is 1. The van der Waals surface area contributed by atoms with E-state index in [9.17, 15) is 8.78 Å². The SMILES string of the molecule is C#CC(C)(C)C(F)F. The zero-order chi connectivity index (χ0) is 6.78. The average molecular weight is 118 g/mol. The summed E-state index contributed by atoms with van der Waals surface area (Å²) in [6.07, 6.45) is 2.35. The van der Waals surface area contributed by atoms with E-state index in [1.54, 1.807) is 0 Å². The summed E-state index contributed by atoms with van der Waals surface area (Å²) >= 11 is 0. The van der Waals surface area contributed by atoms with Crippen LogP contribution in [-0.2, 0) is 0 Å². The minimum Gasteiger partial charge on any atom is -0.209 e. The third-order valence-corrected chi connectivity index (χ3v) is 0.918. The summed E-state index contributed by atoms with van der Waals surface area (Å²) in [6.45, 7) is 2.66. The van der Waals surface area contributed by atoms with E-state index in [0.29, 0.717) is 0 Å². The summed E-state index contributed by atoms with van der Waals surface area (Å²) in [6, 6.07) is 0. The van der Waals surface area contributed by atoms with Crippen LogP contribution in [0.4, 0.5) is 8.78 Å². The molecule has 46 valence electrons. The number of halogens is 2. The Labute approximate surface area is 47.9 Å². The van der Waals surface area contributed by atoms with Crippen LogP contribution in [0.5, 0.6) is 0 Å². The largest absolute Gasteiger partial charge is 0.254 e. The molecule has 0 unspecified atom stereocenters. The van der Waals surface area contributed by atoms with Crippen LogP contribution in [0.15, 0.2) is 0 Å². The van der Waals surface area contributed by atoms with E-state index in [1.807, 2.05) is 5.92 Å². The summed E-state index contributed by atoms with van der Waals surface area (Å²) in [7, 11) is 0. The van der Waals surface area contributed by atoms with Crippen LogP contribution < -0.4 is 0 Å². The van der Waals surface area contributed by atoms with Gasteiger partial charge in [0.1, 0.15) is 0 Å². The second-order valence-corrected chi connectivity index (χ2v) is 2.17. The van der Waals surface area contributed by atoms with Crippen LogP contribution >= 0.6 is 0 Å². The van der Waals surface area contributed by atoms with Crippen LogP contribution in [0, 0.1) is 17.8 Å². The van der Waals surface area contributed by atoms with Gasteiger partial charge in [0.15, 0.2) is 0 Å². The van der Waals surface area contributed by atoms with Gasteiger partial charge < -0.3 is 0 Å². The fourth-order valence-corrected chi connectivity index (χ4v) is 0.0630. The lowest BCUT2D eigenvalue weighted by atomic mass is 9.96. The minimum absolute atomic E-state index is 1.26. The summed E-state index contributed by atoms with van der Waals surface area (Å²) in [4.78, 5) is 0. The van der Waals surface area contributed by atoms with Crippen molar-refractivity contribution in [1.29, 1.82) is 0 Å². The molecule has 0 aromatic rings. The zero-order valence-corrected chi connectivity index (χ0v) is 4.91. The molecule has 8 heavy (non-hydrogen) atoms. The molecule has 0 heterocycles. The predicted octanol–water partition coefficient (Wildman–Crippen LogP) is 1.91. The number of alkyl halides is 2. The molecule has 0 aliphatic rings. The lowest BCUT2D eigenvalue weighted by Gasteiger charge is -2.14. The van der Waals surface area contributed by atoms with Gasteiger partial charge in [-0.2, -0.15) is 0 Å². The van der Waals surface area contributed by atoms with Crippen molar-refractivity contribution in [2.45, 2.75) is 20.3 Å². The number of hydrogen-bond acceptors (Lipinski definition) is 0. The van der Waals surface area contributed by atoms with Crippen molar-refractivity contribution in [2.24, 2.45) is 5.41 Å². The topological polar surface area (TPSA) is 0 Å². The van der Waals surface area contributed by atoms with Crippen molar-refractivity contribution in [3.63, 3.8) is 0 Å². The van der Waals surface area contributed by atoms with Crippen LogP contribution in [0.25, 0.3) is 0 Å². The molecule has 0 amide bonds. The smallest absolute Gasteiger partial charge is 0.209 e. The standard InChI is InChI=1S/C6H8F2/c1-4-6(2,3)5(7)8/h1,5H,2-3H3. The Kier molecular flexibility index (Phi) is 1.97. The van der Waals surface area contributed by atoms with E-state index in [2.05, 4.69) is 0 Å². The van der Waals surface area contributed by atoms with Gasteiger partial charge in [0.2, 0.25) is 0 Å². The van der Waals surface area contributed by atoms with Crippen LogP contribution in [0.1, 0.15) is 13.8 Å². The first-order valence-corrected chi connectivity index (χ1v) is 2.26. The van der Waals surface area contributed by atoms with Gasteiger partial charge in [0, 0.05) is 0 Å². The molecular weight excluding hydrogens is 110 g/mol. The van der Waals surface area contributed by atoms with Gasteiger partial charge in [0.05, 0.1) is 5.41 Å². The van der Waals surface area contributed by atoms with E-state index in [1.165, 1.54) is 13.8 Å². The second-order valence-electron chi connectivity index (χ2n) is 2.17. The van der Waals surface area contributed by atoms with E-state index < -0.39 is 11.8 Å². The quantitative estimate of drug-likeness (QED) is 0.461. The Balaban J connectivity index is 3.97. The van der Waals surface area contributed by atoms with Gasteiger partial charge >= 0.3 is 0 Å². The van der Waals surface area contributed by atoms with Crippen molar-refractivity contribution in [3.8, 4) is 12.3 Å². The zero-order valence-electron chi connectivity index (χ0n) is 4.91. The van der Waals surface area contributed by atoms with E-state index >= 15 is 0 Å². The van der Waals surface area contributed by atoms with Crippen molar-refractivity contribution >= 4 is 0 Å². The molecule has 0 spiro atoms. The lowest BCUT2D eigenvalue weighted by Crippen LogP contribution is -2.18. The lowest BCUT2D eigenvalue weighted by molar-refractivity contribution is 0.0571. The molecule has 0 saturated carbocycles. The van der Waals surface area contributed by atoms with Crippen molar-refractivity contribution < 1.29 is 8.78 Å². The first kappa shape index (κ1) is 7.42. The first-order valence-electron chi connectivity index (χ1n) is 2.26. The molecule has 0 aliphatic carbocycles. The van der Waals surface area contributed by atoms with Gasteiger partial charge in [-0.25, -0.2) is 8.78 Å². The Morgan fingerprint density at radius 2 is 1.88 bits per heavy atom. The highest BCUT2D eigenvalue weighted by Gasteiger charge is 2.26. The molecule has 0 aromatic carbocycles. The minimum atomic E-state index is -2.42. The van der Waals surface area contributed by atoms with Gasteiger partial charge in [-0.3, -0.25) is 0 Å².